The molecule has 1 nitrogen and oxygen atoms in total. The van der Waals surface area contributed by atoms with Crippen LogP contribution in [0.15, 0.2) is 0 Å². The van der Waals surface area contributed by atoms with Crippen LogP contribution in [-0.2, 0) is 3.45 Å². The van der Waals surface area contributed by atoms with Gasteiger partial charge in [-0.15, -0.1) is 0 Å². The van der Waals surface area contributed by atoms with E-state index in [1.807, 2.05) is 0 Å². The van der Waals surface area contributed by atoms with E-state index in [1.165, 1.54) is 18.9 Å². The average Bonchev–Trinajstić information content (AvgIpc) is 1.84. The van der Waals surface area contributed by atoms with Crippen molar-refractivity contribution in [3.05, 3.63) is 0 Å². The molecule has 0 atom stereocenters. The predicted octanol–water partition coefficient (Wildman–Crippen LogP) is 1.29. The summed E-state index contributed by atoms with van der Waals surface area (Å²) in [6.45, 7) is 6.86. The van der Waals surface area contributed by atoms with E-state index in [0.29, 0.717) is 16.9 Å². The Morgan fingerprint density at radius 2 is 2.00 bits per heavy atom. The van der Waals surface area contributed by atoms with Gasteiger partial charge in [0.25, 0.3) is 0 Å². The van der Waals surface area contributed by atoms with Gasteiger partial charge >= 0.3 is 67.5 Å². The zero-order valence-electron chi connectivity index (χ0n) is 7.03. The van der Waals surface area contributed by atoms with Crippen molar-refractivity contribution in [1.29, 1.82) is 0 Å². The molecule has 0 aliphatic heterocycles. The van der Waals surface area contributed by atoms with Crippen LogP contribution in [0.1, 0.15) is 19.8 Å². The van der Waals surface area contributed by atoms with Crippen LogP contribution in [0.4, 0.5) is 0 Å². The fraction of sp³-hybridized carbons (Fsp3) is 1.00. The molecule has 0 saturated carbocycles. The normalized spacial score (nSPS) is 12.3. The molecule has 3 heteroatoms. The van der Waals surface area contributed by atoms with Crippen LogP contribution in [0.5, 0.6) is 0 Å². The number of hydrogen-bond acceptors (Lipinski definition) is 1. The first kappa shape index (κ1) is 9.72. The molecule has 0 unspecified atom stereocenters. The van der Waals surface area contributed by atoms with Gasteiger partial charge in [-0.3, -0.25) is 0 Å². The van der Waals surface area contributed by atoms with Gasteiger partial charge in [0.2, 0.25) is 0 Å². The Hall–Kier alpha value is 0.720. The van der Waals surface area contributed by atoms with E-state index < -0.39 is 8.32 Å². The van der Waals surface area contributed by atoms with Crippen LogP contribution in [0.25, 0.3) is 0 Å². The minimum atomic E-state index is -1.11. The molecule has 0 amide bonds. The van der Waals surface area contributed by atoms with Gasteiger partial charge in [-0.25, -0.2) is 0 Å². The summed E-state index contributed by atoms with van der Waals surface area (Å²) in [6.07, 6.45) is 2.67. The van der Waals surface area contributed by atoms with Crippen LogP contribution >= 0.6 is 0 Å². The van der Waals surface area contributed by atoms with E-state index in [9.17, 15) is 0 Å². The molecule has 0 bridgehead atoms. The fourth-order valence-corrected chi connectivity index (χ4v) is 3.40. The van der Waals surface area contributed by atoms with Crippen molar-refractivity contribution in [1.82, 2.24) is 0 Å². The van der Waals surface area contributed by atoms with Crippen molar-refractivity contribution in [3.63, 3.8) is 0 Å². The summed E-state index contributed by atoms with van der Waals surface area (Å²) in [7, 11) is -1.11. The molecular weight excluding hydrogens is 189 g/mol. The van der Waals surface area contributed by atoms with Gasteiger partial charge in [-0.1, -0.05) is 0 Å². The second-order valence-corrected chi connectivity index (χ2v) is 10.1. The van der Waals surface area contributed by atoms with Crippen LogP contribution < -0.4 is 0 Å². The Bertz CT molecular complexity index is 75.5. The summed E-state index contributed by atoms with van der Waals surface area (Å²) >= 11 is 0.608. The van der Waals surface area contributed by atoms with E-state index in [2.05, 4.69) is 20.0 Å². The Kier molecular flexibility index (Phi) is 4.88. The van der Waals surface area contributed by atoms with Crippen molar-refractivity contribution < 1.29 is 3.45 Å². The van der Waals surface area contributed by atoms with Crippen LogP contribution in [0.2, 0.25) is 19.1 Å². The first-order valence-corrected chi connectivity index (χ1v) is 8.50. The van der Waals surface area contributed by atoms with Crippen molar-refractivity contribution in [2.75, 3.05) is 0 Å². The van der Waals surface area contributed by atoms with Crippen molar-refractivity contribution >= 4 is 25.2 Å². The Labute approximate surface area is 67.9 Å². The third kappa shape index (κ3) is 5.18. The van der Waals surface area contributed by atoms with Gasteiger partial charge in [0.15, 0.2) is 0 Å². The molecule has 0 saturated heterocycles. The fourth-order valence-electron chi connectivity index (χ4n) is 0.705. The molecule has 0 fully saturated rings. The molecule has 0 rings (SSSR count). The number of hydrogen-bond donors (Lipinski definition) is 0. The van der Waals surface area contributed by atoms with E-state index >= 15 is 0 Å². The zero-order valence-corrected chi connectivity index (χ0v) is 12.2. The second-order valence-electron chi connectivity index (χ2n) is 3.07. The number of rotatable bonds is 4. The van der Waals surface area contributed by atoms with Gasteiger partial charge in [0, 0.05) is 0 Å². The van der Waals surface area contributed by atoms with Gasteiger partial charge in [-0.2, -0.15) is 0 Å². The van der Waals surface area contributed by atoms with Crippen LogP contribution in [0, 0.1) is 0 Å². The molecule has 0 radical (unpaired) electrons. The molecule has 0 aliphatic carbocycles. The average molecular weight is 207 g/mol. The van der Waals surface area contributed by atoms with Gasteiger partial charge in [0.1, 0.15) is 0 Å². The summed E-state index contributed by atoms with van der Waals surface area (Å²) in [5.74, 6) is 0. The molecule has 0 aromatic rings. The summed E-state index contributed by atoms with van der Waals surface area (Å²) < 4.78 is 5.57. The molecule has 9 heavy (non-hydrogen) atoms. The van der Waals surface area contributed by atoms with E-state index in [1.54, 1.807) is 0 Å². The van der Waals surface area contributed by atoms with E-state index in [0.717, 1.165) is 0 Å². The maximum atomic E-state index is 5.57. The Morgan fingerprint density at radius 3 is 2.33 bits per heavy atom. The second kappa shape index (κ2) is 4.52. The SMILES string of the molecule is CCCC[Si](C)(C)[O][GeH3]. The van der Waals surface area contributed by atoms with Crippen LogP contribution in [0.3, 0.4) is 0 Å². The molecule has 0 spiro atoms. The topological polar surface area (TPSA) is 9.23 Å². The van der Waals surface area contributed by atoms with Gasteiger partial charge in [-0.05, 0) is 0 Å². The Balaban J connectivity index is 3.33. The molecular formula is C6H18GeOSi. The third-order valence-electron chi connectivity index (χ3n) is 1.68. The monoisotopic (exact) mass is 208 g/mol. The third-order valence-corrected chi connectivity index (χ3v) is 11.3. The van der Waals surface area contributed by atoms with Gasteiger partial charge < -0.3 is 0 Å². The predicted molar refractivity (Wildman–Crippen MR) is 48.2 cm³/mol. The number of unbranched alkanes of at least 4 members (excludes halogenated alkanes) is 1. The van der Waals surface area contributed by atoms with Crippen LogP contribution in [-0.4, -0.2) is 25.2 Å². The minimum absolute atomic E-state index is 0.608. The summed E-state index contributed by atoms with van der Waals surface area (Å²) in [6, 6.07) is 1.35. The first-order valence-electron chi connectivity index (χ1n) is 3.67. The molecule has 0 aliphatic rings. The first-order chi connectivity index (χ1) is 4.12. The quantitative estimate of drug-likeness (QED) is 0.631. The van der Waals surface area contributed by atoms with Crippen molar-refractivity contribution in [2.45, 2.75) is 38.9 Å². The summed E-state index contributed by atoms with van der Waals surface area (Å²) in [4.78, 5) is 0. The zero-order chi connectivity index (χ0) is 7.33. The van der Waals surface area contributed by atoms with E-state index in [4.69, 9.17) is 3.45 Å². The summed E-state index contributed by atoms with van der Waals surface area (Å²) in [5.41, 5.74) is 0. The Morgan fingerprint density at radius 1 is 1.44 bits per heavy atom. The molecule has 0 N–H and O–H groups in total. The standard InChI is InChI=1S/C6H18GeOSi/c1-4-5-6-9(2,3)8-7/h4-6H2,1-3,7H3. The molecule has 0 heterocycles. The molecule has 56 valence electrons. The van der Waals surface area contributed by atoms with Gasteiger partial charge in [0.05, 0.1) is 0 Å². The van der Waals surface area contributed by atoms with Crippen molar-refractivity contribution in [2.24, 2.45) is 0 Å². The van der Waals surface area contributed by atoms with Crippen molar-refractivity contribution in [3.8, 4) is 0 Å². The maximum absolute atomic E-state index is 5.57. The summed E-state index contributed by atoms with van der Waals surface area (Å²) in [5, 5.41) is 0. The molecule has 0 aromatic heterocycles. The van der Waals surface area contributed by atoms with E-state index in [-0.39, 0.29) is 0 Å². The molecule has 0 aromatic carbocycles.